The number of fused-ring (bicyclic) bond motifs is 1. The second-order valence-corrected chi connectivity index (χ2v) is 7.35. The zero-order chi connectivity index (χ0) is 21.1. The van der Waals surface area contributed by atoms with E-state index in [1.807, 2.05) is 31.2 Å². The minimum absolute atomic E-state index is 0.0469. The standard InChI is InChI=1S/C24H23N3O3/c1-15(25)16-6-4-7-17(9-16)19-10-20(21-13-26-27-22(21)11-19)14-30-23-8-3-2-5-18(23)12-24(28)29/h2-11,13,15H,12,14,25H2,1H3,(H,26,27)(H,28,29). The fourth-order valence-corrected chi connectivity index (χ4v) is 3.52. The molecule has 1 heterocycles. The molecule has 1 atom stereocenters. The number of nitrogens with zero attached hydrogens (tertiary/aromatic N) is 1. The first-order chi connectivity index (χ1) is 14.5. The first-order valence-corrected chi connectivity index (χ1v) is 9.75. The van der Waals surface area contributed by atoms with E-state index >= 15 is 0 Å². The van der Waals surface area contributed by atoms with Crippen molar-refractivity contribution in [1.82, 2.24) is 10.2 Å². The van der Waals surface area contributed by atoms with Crippen molar-refractivity contribution in [2.75, 3.05) is 0 Å². The molecule has 0 aliphatic heterocycles. The molecule has 152 valence electrons. The molecule has 1 aromatic heterocycles. The van der Waals surface area contributed by atoms with Crippen molar-refractivity contribution >= 4 is 16.9 Å². The Kier molecular flexibility index (Phi) is 5.50. The molecule has 3 aromatic carbocycles. The molecule has 4 N–H and O–H groups in total. The minimum Gasteiger partial charge on any atom is -0.489 e. The van der Waals surface area contributed by atoms with Crippen LogP contribution in [0.4, 0.5) is 0 Å². The third-order valence-corrected chi connectivity index (χ3v) is 5.09. The van der Waals surface area contributed by atoms with Crippen LogP contribution in [0.5, 0.6) is 5.75 Å². The van der Waals surface area contributed by atoms with Gasteiger partial charge in [0.05, 0.1) is 18.1 Å². The van der Waals surface area contributed by atoms with Crippen LogP contribution in [0.15, 0.2) is 66.9 Å². The van der Waals surface area contributed by atoms with Crippen molar-refractivity contribution in [3.63, 3.8) is 0 Å². The number of para-hydroxylation sites is 1. The van der Waals surface area contributed by atoms with Crippen molar-refractivity contribution in [2.24, 2.45) is 5.73 Å². The maximum atomic E-state index is 11.1. The number of carboxylic acid groups (broad SMARTS) is 1. The van der Waals surface area contributed by atoms with E-state index in [1.54, 1.807) is 18.3 Å². The molecular formula is C24H23N3O3. The normalized spacial score (nSPS) is 12.1. The van der Waals surface area contributed by atoms with Gasteiger partial charge in [-0.25, -0.2) is 0 Å². The summed E-state index contributed by atoms with van der Waals surface area (Å²) in [6, 6.07) is 19.5. The predicted molar refractivity (Wildman–Crippen MR) is 116 cm³/mol. The van der Waals surface area contributed by atoms with Gasteiger partial charge in [0, 0.05) is 22.6 Å². The molecular weight excluding hydrogens is 378 g/mol. The second-order valence-electron chi connectivity index (χ2n) is 7.35. The van der Waals surface area contributed by atoms with Crippen molar-refractivity contribution in [1.29, 1.82) is 0 Å². The molecule has 4 aromatic rings. The number of aliphatic carboxylic acids is 1. The van der Waals surface area contributed by atoms with Gasteiger partial charge in [-0.05, 0) is 47.9 Å². The Labute approximate surface area is 174 Å². The summed E-state index contributed by atoms with van der Waals surface area (Å²) < 4.78 is 6.03. The van der Waals surface area contributed by atoms with Crippen molar-refractivity contribution < 1.29 is 14.6 Å². The van der Waals surface area contributed by atoms with E-state index < -0.39 is 5.97 Å². The Bertz CT molecular complexity index is 1200. The number of aromatic nitrogens is 2. The van der Waals surface area contributed by atoms with Crippen LogP contribution in [0.3, 0.4) is 0 Å². The van der Waals surface area contributed by atoms with Gasteiger partial charge in [-0.2, -0.15) is 5.10 Å². The van der Waals surface area contributed by atoms with Crippen LogP contribution in [0, 0.1) is 0 Å². The molecule has 0 radical (unpaired) electrons. The Balaban J connectivity index is 1.68. The SMILES string of the molecule is CC(N)c1cccc(-c2cc(COc3ccccc3CC(=O)O)c3cn[nH]c3c2)c1. The van der Waals surface area contributed by atoms with Crippen LogP contribution in [-0.2, 0) is 17.8 Å². The number of ether oxygens (including phenoxy) is 1. The van der Waals surface area contributed by atoms with Crippen LogP contribution in [0.25, 0.3) is 22.0 Å². The maximum absolute atomic E-state index is 11.1. The summed E-state index contributed by atoms with van der Waals surface area (Å²) >= 11 is 0. The number of H-pyrrole nitrogens is 1. The van der Waals surface area contributed by atoms with Crippen LogP contribution in [-0.4, -0.2) is 21.3 Å². The average Bonchev–Trinajstić information content (AvgIpc) is 3.21. The molecule has 6 heteroatoms. The molecule has 0 aliphatic carbocycles. The van der Waals surface area contributed by atoms with Gasteiger partial charge in [0.15, 0.2) is 0 Å². The number of hydrogen-bond acceptors (Lipinski definition) is 4. The van der Waals surface area contributed by atoms with Gasteiger partial charge in [-0.3, -0.25) is 9.89 Å². The van der Waals surface area contributed by atoms with Crippen LogP contribution in [0.1, 0.15) is 29.7 Å². The Hall–Kier alpha value is -3.64. The zero-order valence-electron chi connectivity index (χ0n) is 16.6. The first kappa shape index (κ1) is 19.7. The second kappa shape index (κ2) is 8.39. The highest BCUT2D eigenvalue weighted by Crippen LogP contribution is 2.29. The van der Waals surface area contributed by atoms with Crippen LogP contribution < -0.4 is 10.5 Å². The topological polar surface area (TPSA) is 101 Å². The van der Waals surface area contributed by atoms with Gasteiger partial charge in [0.1, 0.15) is 12.4 Å². The molecule has 0 aliphatic rings. The van der Waals surface area contributed by atoms with Gasteiger partial charge in [0.2, 0.25) is 0 Å². The third-order valence-electron chi connectivity index (χ3n) is 5.09. The summed E-state index contributed by atoms with van der Waals surface area (Å²) in [5.41, 5.74) is 11.7. The van der Waals surface area contributed by atoms with E-state index in [2.05, 4.69) is 34.5 Å². The van der Waals surface area contributed by atoms with E-state index in [-0.39, 0.29) is 12.5 Å². The summed E-state index contributed by atoms with van der Waals surface area (Å²) in [5.74, 6) is -0.319. The van der Waals surface area contributed by atoms with Crippen LogP contribution in [0.2, 0.25) is 0 Å². The molecule has 0 saturated carbocycles. The highest BCUT2D eigenvalue weighted by molar-refractivity contribution is 5.87. The monoisotopic (exact) mass is 401 g/mol. The molecule has 4 rings (SSSR count). The summed E-state index contributed by atoms with van der Waals surface area (Å²) in [5, 5.41) is 17.3. The first-order valence-electron chi connectivity index (χ1n) is 9.75. The Morgan fingerprint density at radius 1 is 1.10 bits per heavy atom. The van der Waals surface area contributed by atoms with Crippen molar-refractivity contribution in [3.05, 3.63) is 83.6 Å². The molecule has 1 unspecified atom stereocenters. The summed E-state index contributed by atoms with van der Waals surface area (Å²) in [6.07, 6.45) is 1.70. The summed E-state index contributed by atoms with van der Waals surface area (Å²) in [6.45, 7) is 2.26. The summed E-state index contributed by atoms with van der Waals surface area (Å²) in [4.78, 5) is 11.1. The fraction of sp³-hybridized carbons (Fsp3) is 0.167. The van der Waals surface area contributed by atoms with E-state index in [0.29, 0.717) is 17.9 Å². The quantitative estimate of drug-likeness (QED) is 0.424. The van der Waals surface area contributed by atoms with Gasteiger partial charge in [-0.15, -0.1) is 0 Å². The van der Waals surface area contributed by atoms with Crippen molar-refractivity contribution in [2.45, 2.75) is 26.0 Å². The molecule has 30 heavy (non-hydrogen) atoms. The largest absolute Gasteiger partial charge is 0.489 e. The van der Waals surface area contributed by atoms with Crippen molar-refractivity contribution in [3.8, 4) is 16.9 Å². The Morgan fingerprint density at radius 2 is 1.93 bits per heavy atom. The number of nitrogens with one attached hydrogen (secondary N) is 1. The number of benzene rings is 3. The maximum Gasteiger partial charge on any atom is 0.307 e. The van der Waals surface area contributed by atoms with Gasteiger partial charge in [-0.1, -0.05) is 36.4 Å². The highest BCUT2D eigenvalue weighted by Gasteiger charge is 2.12. The minimum atomic E-state index is -0.890. The van der Waals surface area contributed by atoms with Gasteiger partial charge < -0.3 is 15.6 Å². The number of carbonyl (C=O) groups is 1. The fourth-order valence-electron chi connectivity index (χ4n) is 3.52. The molecule has 0 spiro atoms. The van der Waals surface area contributed by atoms with Gasteiger partial charge in [0.25, 0.3) is 0 Å². The number of hydrogen-bond donors (Lipinski definition) is 3. The van der Waals surface area contributed by atoms with Gasteiger partial charge >= 0.3 is 5.97 Å². The molecule has 6 nitrogen and oxygen atoms in total. The number of rotatable bonds is 7. The molecule has 0 bridgehead atoms. The molecule has 0 saturated heterocycles. The lowest BCUT2D eigenvalue weighted by Gasteiger charge is -2.13. The highest BCUT2D eigenvalue weighted by atomic mass is 16.5. The van der Waals surface area contributed by atoms with E-state index in [9.17, 15) is 4.79 Å². The van der Waals surface area contributed by atoms with Crippen LogP contribution >= 0.6 is 0 Å². The predicted octanol–water partition coefficient (Wildman–Crippen LogP) is 4.46. The third kappa shape index (κ3) is 4.18. The van der Waals surface area contributed by atoms with E-state index in [4.69, 9.17) is 15.6 Å². The van der Waals surface area contributed by atoms with E-state index in [0.717, 1.165) is 33.2 Å². The lowest BCUT2D eigenvalue weighted by atomic mass is 9.97. The lowest BCUT2D eigenvalue weighted by molar-refractivity contribution is -0.136. The number of nitrogens with two attached hydrogens (primary N) is 1. The number of carboxylic acids is 1. The number of aromatic amines is 1. The average molecular weight is 401 g/mol. The lowest BCUT2D eigenvalue weighted by Crippen LogP contribution is -2.05. The molecule has 0 amide bonds. The van der Waals surface area contributed by atoms with E-state index in [1.165, 1.54) is 0 Å². The smallest absolute Gasteiger partial charge is 0.307 e. The zero-order valence-corrected chi connectivity index (χ0v) is 16.6. The summed E-state index contributed by atoms with van der Waals surface area (Å²) in [7, 11) is 0. The molecule has 0 fully saturated rings. The Morgan fingerprint density at radius 3 is 2.73 bits per heavy atom.